The van der Waals surface area contributed by atoms with E-state index in [1.165, 1.54) is 17.6 Å². The first-order valence-corrected chi connectivity index (χ1v) is 8.68. The van der Waals surface area contributed by atoms with Gasteiger partial charge in [-0.1, -0.05) is 30.3 Å². The topological polar surface area (TPSA) is 84.2 Å². The number of carbonyl (C=O) groups excluding carboxylic acids is 2. The summed E-state index contributed by atoms with van der Waals surface area (Å²) in [6.07, 6.45) is 1.63. The quantitative estimate of drug-likeness (QED) is 0.682. The van der Waals surface area contributed by atoms with E-state index in [9.17, 15) is 9.59 Å². The molecule has 3 rings (SSSR count). The zero-order valence-electron chi connectivity index (χ0n) is 13.4. The first kappa shape index (κ1) is 16.9. The Morgan fingerprint density at radius 2 is 1.92 bits per heavy atom. The van der Waals surface area contributed by atoms with Gasteiger partial charge in [0.15, 0.2) is 5.76 Å². The second-order valence-corrected chi connectivity index (χ2v) is 6.20. The van der Waals surface area contributed by atoms with E-state index in [1.54, 1.807) is 12.1 Å². The molecule has 0 aliphatic heterocycles. The highest BCUT2D eigenvalue weighted by molar-refractivity contribution is 7.09. The molecule has 3 aromatic rings. The fraction of sp³-hybridized carbons (Fsp3) is 0.167. The van der Waals surface area contributed by atoms with Crippen molar-refractivity contribution in [2.45, 2.75) is 13.0 Å². The maximum absolute atomic E-state index is 11.9. The second-order valence-electron chi connectivity index (χ2n) is 5.25. The lowest BCUT2D eigenvalue weighted by Crippen LogP contribution is -2.30. The van der Waals surface area contributed by atoms with Crippen molar-refractivity contribution in [3.8, 4) is 11.3 Å². The number of benzene rings is 1. The Morgan fingerprint density at radius 1 is 1.08 bits per heavy atom. The van der Waals surface area contributed by atoms with Crippen molar-refractivity contribution in [2.24, 2.45) is 0 Å². The monoisotopic (exact) mass is 355 g/mol. The van der Waals surface area contributed by atoms with Gasteiger partial charge in [0.05, 0.1) is 18.5 Å². The number of nitrogens with zero attached hydrogens (tertiary/aromatic N) is 1. The van der Waals surface area contributed by atoms with Crippen LogP contribution in [-0.4, -0.2) is 23.3 Å². The van der Waals surface area contributed by atoms with Gasteiger partial charge in [0.1, 0.15) is 5.01 Å². The molecule has 0 spiro atoms. The van der Waals surface area contributed by atoms with Crippen LogP contribution < -0.4 is 10.6 Å². The van der Waals surface area contributed by atoms with E-state index >= 15 is 0 Å². The van der Waals surface area contributed by atoms with E-state index in [4.69, 9.17) is 4.42 Å². The van der Waals surface area contributed by atoms with Crippen molar-refractivity contribution in [2.75, 3.05) is 6.54 Å². The summed E-state index contributed by atoms with van der Waals surface area (Å²) < 4.78 is 4.98. The predicted octanol–water partition coefficient (Wildman–Crippen LogP) is 2.84. The molecule has 0 bridgehead atoms. The molecular weight excluding hydrogens is 338 g/mol. The Kier molecular flexibility index (Phi) is 5.58. The van der Waals surface area contributed by atoms with Gasteiger partial charge in [0, 0.05) is 23.9 Å². The summed E-state index contributed by atoms with van der Waals surface area (Å²) in [5, 5.41) is 8.25. The van der Waals surface area contributed by atoms with E-state index in [0.29, 0.717) is 6.54 Å². The molecule has 7 heteroatoms. The molecule has 128 valence electrons. The minimum atomic E-state index is -0.328. The second kappa shape index (κ2) is 8.25. The highest BCUT2D eigenvalue weighted by Crippen LogP contribution is 2.21. The molecule has 25 heavy (non-hydrogen) atoms. The zero-order valence-corrected chi connectivity index (χ0v) is 14.2. The summed E-state index contributed by atoms with van der Waals surface area (Å²) in [7, 11) is 0. The van der Waals surface area contributed by atoms with E-state index in [0.717, 1.165) is 16.3 Å². The Morgan fingerprint density at radius 3 is 2.68 bits per heavy atom. The minimum Gasteiger partial charge on any atom is -0.459 e. The van der Waals surface area contributed by atoms with Gasteiger partial charge >= 0.3 is 0 Å². The largest absolute Gasteiger partial charge is 0.459 e. The summed E-state index contributed by atoms with van der Waals surface area (Å²) in [5.74, 6) is -0.238. The summed E-state index contributed by atoms with van der Waals surface area (Å²) in [4.78, 5) is 28.0. The SMILES string of the molecule is O=C(CCNC(=O)c1ccco1)NCc1nc(-c2ccccc2)cs1. The third-order valence-corrected chi connectivity index (χ3v) is 4.29. The highest BCUT2D eigenvalue weighted by Gasteiger charge is 2.09. The van der Waals surface area contributed by atoms with Crippen LogP contribution in [0.5, 0.6) is 0 Å². The van der Waals surface area contributed by atoms with Crippen molar-refractivity contribution < 1.29 is 14.0 Å². The third kappa shape index (κ3) is 4.77. The molecule has 0 saturated heterocycles. The summed E-state index contributed by atoms with van der Waals surface area (Å²) in [6.45, 7) is 0.626. The van der Waals surface area contributed by atoms with E-state index in [1.807, 2.05) is 35.7 Å². The van der Waals surface area contributed by atoms with Crippen LogP contribution in [0, 0.1) is 0 Å². The van der Waals surface area contributed by atoms with Crippen LogP contribution in [0.25, 0.3) is 11.3 Å². The van der Waals surface area contributed by atoms with Crippen molar-refractivity contribution in [3.63, 3.8) is 0 Å². The number of rotatable bonds is 7. The first-order valence-electron chi connectivity index (χ1n) is 7.80. The maximum Gasteiger partial charge on any atom is 0.286 e. The van der Waals surface area contributed by atoms with E-state index in [2.05, 4.69) is 15.6 Å². The van der Waals surface area contributed by atoms with Gasteiger partial charge in [0.25, 0.3) is 5.91 Å². The predicted molar refractivity (Wildman–Crippen MR) is 95.1 cm³/mol. The molecule has 6 nitrogen and oxygen atoms in total. The molecule has 2 N–H and O–H groups in total. The number of hydrogen-bond acceptors (Lipinski definition) is 5. The molecule has 2 heterocycles. The molecule has 2 aromatic heterocycles. The third-order valence-electron chi connectivity index (χ3n) is 3.44. The molecule has 2 amide bonds. The first-order chi connectivity index (χ1) is 12.2. The molecule has 0 atom stereocenters. The lowest BCUT2D eigenvalue weighted by Gasteiger charge is -2.04. The Bertz CT molecular complexity index is 828. The van der Waals surface area contributed by atoms with Crippen molar-refractivity contribution >= 4 is 23.2 Å². The summed E-state index contributed by atoms with van der Waals surface area (Å²) in [6, 6.07) is 13.1. The average Bonchev–Trinajstić information content (AvgIpc) is 3.32. The van der Waals surface area contributed by atoms with Gasteiger partial charge < -0.3 is 15.1 Å². The zero-order chi connectivity index (χ0) is 17.5. The molecule has 0 aliphatic carbocycles. The summed E-state index contributed by atoms with van der Waals surface area (Å²) >= 11 is 1.51. The molecule has 1 aromatic carbocycles. The Hall–Kier alpha value is -2.93. The lowest BCUT2D eigenvalue weighted by atomic mass is 10.2. The van der Waals surface area contributed by atoms with Crippen LogP contribution in [-0.2, 0) is 11.3 Å². The van der Waals surface area contributed by atoms with Gasteiger partial charge in [-0.05, 0) is 12.1 Å². The normalized spacial score (nSPS) is 10.4. The molecule has 0 saturated carbocycles. The van der Waals surface area contributed by atoms with Gasteiger partial charge in [-0.25, -0.2) is 4.98 Å². The number of hydrogen-bond donors (Lipinski definition) is 2. The number of furan rings is 1. The fourth-order valence-corrected chi connectivity index (χ4v) is 2.92. The Labute approximate surface area is 148 Å². The van der Waals surface area contributed by atoms with Gasteiger partial charge in [0.2, 0.25) is 5.91 Å². The number of carbonyl (C=O) groups is 2. The van der Waals surface area contributed by atoms with Crippen LogP contribution >= 0.6 is 11.3 Å². The number of nitrogens with one attached hydrogen (secondary N) is 2. The minimum absolute atomic E-state index is 0.142. The van der Waals surface area contributed by atoms with Gasteiger partial charge in [-0.2, -0.15) is 0 Å². The molecule has 0 radical (unpaired) electrons. The number of aromatic nitrogens is 1. The smallest absolute Gasteiger partial charge is 0.286 e. The van der Waals surface area contributed by atoms with Gasteiger partial charge in [-0.15, -0.1) is 11.3 Å². The maximum atomic E-state index is 11.9. The number of thiazole rings is 1. The van der Waals surface area contributed by atoms with Crippen molar-refractivity contribution in [1.82, 2.24) is 15.6 Å². The van der Waals surface area contributed by atoms with Crippen LogP contribution in [0.2, 0.25) is 0 Å². The number of amides is 2. The molecule has 0 fully saturated rings. The Balaban J connectivity index is 1.41. The fourth-order valence-electron chi connectivity index (χ4n) is 2.18. The van der Waals surface area contributed by atoms with Crippen LogP contribution in [0.3, 0.4) is 0 Å². The highest BCUT2D eigenvalue weighted by atomic mass is 32.1. The molecular formula is C18H17N3O3S. The molecule has 0 aliphatic rings. The van der Waals surface area contributed by atoms with E-state index in [-0.39, 0.29) is 30.5 Å². The average molecular weight is 355 g/mol. The van der Waals surface area contributed by atoms with Crippen molar-refractivity contribution in [3.05, 3.63) is 64.9 Å². The van der Waals surface area contributed by atoms with E-state index < -0.39 is 0 Å². The van der Waals surface area contributed by atoms with Crippen LogP contribution in [0.1, 0.15) is 22.0 Å². The standard InChI is InChI=1S/C18H17N3O3S/c22-16(8-9-19-18(23)15-7-4-10-24-15)20-11-17-21-14(12-25-17)13-5-2-1-3-6-13/h1-7,10,12H,8-9,11H2,(H,19,23)(H,20,22). The van der Waals surface area contributed by atoms with Crippen LogP contribution in [0.4, 0.5) is 0 Å². The molecule has 0 unspecified atom stereocenters. The van der Waals surface area contributed by atoms with Gasteiger partial charge in [-0.3, -0.25) is 9.59 Å². The van der Waals surface area contributed by atoms with Crippen molar-refractivity contribution in [1.29, 1.82) is 0 Å². The lowest BCUT2D eigenvalue weighted by molar-refractivity contribution is -0.121. The van der Waals surface area contributed by atoms with Crippen LogP contribution in [0.15, 0.2) is 58.5 Å². The summed E-state index contributed by atoms with van der Waals surface area (Å²) in [5.41, 5.74) is 1.96.